The van der Waals surface area contributed by atoms with Crippen LogP contribution in [0.25, 0.3) is 0 Å². The van der Waals surface area contributed by atoms with Crippen LogP contribution in [0.1, 0.15) is 24.9 Å². The van der Waals surface area contributed by atoms with E-state index >= 15 is 0 Å². The summed E-state index contributed by atoms with van der Waals surface area (Å²) in [6, 6.07) is 7.07. The molecule has 0 spiro atoms. The van der Waals surface area contributed by atoms with Gasteiger partial charge in [0.15, 0.2) is 9.84 Å². The number of sulfone groups is 1. The molecule has 2 rings (SSSR count). The van der Waals surface area contributed by atoms with E-state index in [4.69, 9.17) is 0 Å². The van der Waals surface area contributed by atoms with Gasteiger partial charge in [-0.2, -0.15) is 0 Å². The Kier molecular flexibility index (Phi) is 4.84. The maximum Gasteiger partial charge on any atom is 0.319 e. The summed E-state index contributed by atoms with van der Waals surface area (Å²) in [5.74, 6) is 0.171. The molecule has 1 fully saturated rings. The highest BCUT2D eigenvalue weighted by atomic mass is 32.2. The van der Waals surface area contributed by atoms with Gasteiger partial charge in [0, 0.05) is 17.8 Å². The molecular formula is C14H21N3O3S. The third-order valence-corrected chi connectivity index (χ3v) is 5.41. The molecule has 2 atom stereocenters. The zero-order valence-electron chi connectivity index (χ0n) is 12.2. The Morgan fingerprint density at radius 3 is 2.76 bits per heavy atom. The van der Waals surface area contributed by atoms with Gasteiger partial charge in [0.05, 0.1) is 11.5 Å². The maximum atomic E-state index is 11.9. The zero-order chi connectivity index (χ0) is 15.5. The Bertz CT molecular complexity index is 616. The van der Waals surface area contributed by atoms with E-state index in [0.29, 0.717) is 12.1 Å². The molecular weight excluding hydrogens is 290 g/mol. The molecule has 7 heteroatoms. The minimum Gasteiger partial charge on any atom is -0.334 e. The lowest BCUT2D eigenvalue weighted by atomic mass is 10.1. The van der Waals surface area contributed by atoms with Crippen LogP contribution >= 0.6 is 0 Å². The Morgan fingerprint density at radius 2 is 2.14 bits per heavy atom. The predicted octanol–water partition coefficient (Wildman–Crippen LogP) is 1.28. The fourth-order valence-electron chi connectivity index (χ4n) is 2.31. The number of anilines is 1. The second kappa shape index (κ2) is 6.44. The second-order valence-corrected chi connectivity index (χ2v) is 7.56. The van der Waals surface area contributed by atoms with Gasteiger partial charge in [-0.3, -0.25) is 0 Å². The van der Waals surface area contributed by atoms with E-state index in [1.165, 1.54) is 0 Å². The molecule has 0 saturated carbocycles. The molecule has 1 aromatic carbocycles. The summed E-state index contributed by atoms with van der Waals surface area (Å²) in [5.41, 5.74) is 1.76. The lowest BCUT2D eigenvalue weighted by molar-refractivity contribution is 0.249. The molecule has 0 bridgehead atoms. The SMILES string of the molecule is CNC(C)c1cccc(NC(=O)NC2CCS(=O)(=O)C2)c1. The lowest BCUT2D eigenvalue weighted by Crippen LogP contribution is -2.38. The average molecular weight is 311 g/mol. The predicted molar refractivity (Wildman–Crippen MR) is 83.1 cm³/mol. The molecule has 116 valence electrons. The Hall–Kier alpha value is -1.60. The molecule has 1 heterocycles. The van der Waals surface area contributed by atoms with Crippen molar-refractivity contribution in [1.82, 2.24) is 10.6 Å². The van der Waals surface area contributed by atoms with Gasteiger partial charge in [0.2, 0.25) is 0 Å². The van der Waals surface area contributed by atoms with E-state index in [1.807, 2.05) is 32.2 Å². The molecule has 1 aliphatic rings. The first-order valence-corrected chi connectivity index (χ1v) is 8.77. The minimum atomic E-state index is -2.99. The van der Waals surface area contributed by atoms with Gasteiger partial charge in [0.1, 0.15) is 0 Å². The van der Waals surface area contributed by atoms with Crippen molar-refractivity contribution < 1.29 is 13.2 Å². The monoisotopic (exact) mass is 311 g/mol. The number of nitrogens with one attached hydrogen (secondary N) is 3. The van der Waals surface area contributed by atoms with Gasteiger partial charge in [-0.25, -0.2) is 13.2 Å². The fourth-order valence-corrected chi connectivity index (χ4v) is 3.99. The van der Waals surface area contributed by atoms with E-state index < -0.39 is 9.84 Å². The van der Waals surface area contributed by atoms with Crippen LogP contribution in [0.5, 0.6) is 0 Å². The van der Waals surface area contributed by atoms with E-state index in [-0.39, 0.29) is 29.6 Å². The molecule has 3 N–H and O–H groups in total. The van der Waals surface area contributed by atoms with E-state index in [1.54, 1.807) is 6.07 Å². The van der Waals surface area contributed by atoms with Crippen molar-refractivity contribution in [3.8, 4) is 0 Å². The first-order valence-electron chi connectivity index (χ1n) is 6.95. The van der Waals surface area contributed by atoms with Gasteiger partial charge in [0.25, 0.3) is 0 Å². The minimum absolute atomic E-state index is 0.0250. The van der Waals surface area contributed by atoms with Crippen LogP contribution in [-0.4, -0.2) is 39.0 Å². The number of benzene rings is 1. The first-order chi connectivity index (χ1) is 9.89. The fraction of sp³-hybridized carbons (Fsp3) is 0.500. The third kappa shape index (κ3) is 4.44. The van der Waals surface area contributed by atoms with E-state index in [0.717, 1.165) is 5.56 Å². The summed E-state index contributed by atoms with van der Waals surface area (Å²) < 4.78 is 22.7. The van der Waals surface area contributed by atoms with Crippen molar-refractivity contribution in [2.75, 3.05) is 23.9 Å². The van der Waals surface area contributed by atoms with Crippen molar-refractivity contribution in [2.24, 2.45) is 0 Å². The molecule has 0 radical (unpaired) electrons. The van der Waals surface area contributed by atoms with Crippen molar-refractivity contribution in [1.29, 1.82) is 0 Å². The highest BCUT2D eigenvalue weighted by Crippen LogP contribution is 2.17. The van der Waals surface area contributed by atoms with Crippen molar-refractivity contribution >= 4 is 21.6 Å². The molecule has 1 aromatic rings. The van der Waals surface area contributed by atoms with Crippen LogP contribution in [0, 0.1) is 0 Å². The Balaban J connectivity index is 1.94. The second-order valence-electron chi connectivity index (χ2n) is 5.33. The highest BCUT2D eigenvalue weighted by Gasteiger charge is 2.28. The van der Waals surface area contributed by atoms with Gasteiger partial charge < -0.3 is 16.0 Å². The van der Waals surface area contributed by atoms with Gasteiger partial charge in [-0.15, -0.1) is 0 Å². The standard InChI is InChI=1S/C14H21N3O3S/c1-10(15-2)11-4-3-5-12(8-11)16-14(18)17-13-6-7-21(19,20)9-13/h3-5,8,10,13,15H,6-7,9H2,1-2H3,(H2,16,17,18). The third-order valence-electron chi connectivity index (χ3n) is 3.65. The van der Waals surface area contributed by atoms with Crippen LogP contribution < -0.4 is 16.0 Å². The zero-order valence-corrected chi connectivity index (χ0v) is 13.0. The van der Waals surface area contributed by atoms with Gasteiger partial charge in [-0.05, 0) is 38.1 Å². The molecule has 0 aliphatic carbocycles. The van der Waals surface area contributed by atoms with Crippen molar-refractivity contribution in [3.63, 3.8) is 0 Å². The smallest absolute Gasteiger partial charge is 0.319 e. The summed E-state index contributed by atoms with van der Waals surface area (Å²) in [5, 5.41) is 8.58. The summed E-state index contributed by atoms with van der Waals surface area (Å²) in [6.07, 6.45) is 0.479. The van der Waals surface area contributed by atoms with E-state index in [9.17, 15) is 13.2 Å². The normalized spacial score (nSPS) is 21.7. The first kappa shape index (κ1) is 15.8. The average Bonchev–Trinajstić information content (AvgIpc) is 2.77. The van der Waals surface area contributed by atoms with Crippen LogP contribution in [0.3, 0.4) is 0 Å². The van der Waals surface area contributed by atoms with Crippen LogP contribution in [0.15, 0.2) is 24.3 Å². The number of carbonyl (C=O) groups is 1. The molecule has 2 unspecified atom stereocenters. The molecule has 0 aromatic heterocycles. The molecule has 1 saturated heterocycles. The van der Waals surface area contributed by atoms with Gasteiger partial charge in [-0.1, -0.05) is 12.1 Å². The number of urea groups is 1. The summed E-state index contributed by atoms with van der Waals surface area (Å²) >= 11 is 0. The van der Waals surface area contributed by atoms with E-state index in [2.05, 4.69) is 16.0 Å². The van der Waals surface area contributed by atoms with Crippen molar-refractivity contribution in [2.45, 2.75) is 25.4 Å². The Labute approximate surface area is 125 Å². The van der Waals surface area contributed by atoms with Gasteiger partial charge >= 0.3 is 6.03 Å². The Morgan fingerprint density at radius 1 is 1.38 bits per heavy atom. The quantitative estimate of drug-likeness (QED) is 0.781. The van der Waals surface area contributed by atoms with Crippen LogP contribution in [0.2, 0.25) is 0 Å². The molecule has 2 amide bonds. The number of amides is 2. The molecule has 6 nitrogen and oxygen atoms in total. The topological polar surface area (TPSA) is 87.3 Å². The van der Waals surface area contributed by atoms with Crippen LogP contribution in [0.4, 0.5) is 10.5 Å². The number of carbonyl (C=O) groups excluding carboxylic acids is 1. The largest absolute Gasteiger partial charge is 0.334 e. The lowest BCUT2D eigenvalue weighted by Gasteiger charge is -2.14. The highest BCUT2D eigenvalue weighted by molar-refractivity contribution is 7.91. The number of rotatable bonds is 4. The summed E-state index contributed by atoms with van der Waals surface area (Å²) in [4.78, 5) is 11.9. The van der Waals surface area contributed by atoms with Crippen molar-refractivity contribution in [3.05, 3.63) is 29.8 Å². The summed E-state index contributed by atoms with van der Waals surface area (Å²) in [6.45, 7) is 2.03. The molecule has 21 heavy (non-hydrogen) atoms. The summed E-state index contributed by atoms with van der Waals surface area (Å²) in [7, 11) is -1.11. The number of hydrogen-bond donors (Lipinski definition) is 3. The number of hydrogen-bond acceptors (Lipinski definition) is 4. The maximum absolute atomic E-state index is 11.9. The van der Waals surface area contributed by atoms with Crippen LogP contribution in [-0.2, 0) is 9.84 Å². The molecule has 1 aliphatic heterocycles.